The number of aromatic nitrogens is 2. The van der Waals surface area contributed by atoms with E-state index in [0.29, 0.717) is 5.13 Å². The lowest BCUT2D eigenvalue weighted by Crippen LogP contribution is -2.12. The maximum Gasteiger partial charge on any atom is 0.263 e. The summed E-state index contributed by atoms with van der Waals surface area (Å²) >= 11 is 1.24. The van der Waals surface area contributed by atoms with Crippen LogP contribution >= 0.6 is 11.3 Å². The van der Waals surface area contributed by atoms with Crippen molar-refractivity contribution < 1.29 is 8.42 Å². The third-order valence-electron chi connectivity index (χ3n) is 2.70. The number of rotatable bonds is 4. The Labute approximate surface area is 120 Å². The highest BCUT2D eigenvalue weighted by Gasteiger charge is 2.15. The molecule has 0 unspecified atom stereocenters. The van der Waals surface area contributed by atoms with Gasteiger partial charge in [0.25, 0.3) is 10.0 Å². The molecule has 0 aliphatic carbocycles. The van der Waals surface area contributed by atoms with Crippen LogP contribution in [-0.4, -0.2) is 18.0 Å². The van der Waals surface area contributed by atoms with Crippen molar-refractivity contribution in [3.63, 3.8) is 0 Å². The number of benzene rings is 1. The summed E-state index contributed by atoms with van der Waals surface area (Å²) < 4.78 is 28.6. The summed E-state index contributed by atoms with van der Waals surface area (Å²) in [6.07, 6.45) is 5.35. The van der Waals surface area contributed by atoms with Gasteiger partial charge in [0.05, 0.1) is 4.90 Å². The highest BCUT2D eigenvalue weighted by atomic mass is 32.2. The van der Waals surface area contributed by atoms with E-state index in [4.69, 9.17) is 0 Å². The monoisotopic (exact) mass is 305 g/mol. The van der Waals surface area contributed by atoms with Crippen LogP contribution in [-0.2, 0) is 10.0 Å². The third kappa shape index (κ3) is 2.59. The summed E-state index contributed by atoms with van der Waals surface area (Å²) in [6.45, 7) is 0. The Kier molecular flexibility index (Phi) is 3.29. The largest absolute Gasteiger partial charge is 0.324 e. The van der Waals surface area contributed by atoms with Crippen LogP contribution in [0.2, 0.25) is 0 Å². The van der Waals surface area contributed by atoms with Gasteiger partial charge in [0.1, 0.15) is 0 Å². The Balaban J connectivity index is 1.87. The van der Waals surface area contributed by atoms with Gasteiger partial charge in [-0.15, -0.1) is 11.3 Å². The zero-order chi connectivity index (χ0) is 14.0. The number of hydrogen-bond donors (Lipinski definition) is 1. The molecule has 102 valence electrons. The predicted octanol–water partition coefficient (Wildman–Crippen LogP) is 2.73. The zero-order valence-electron chi connectivity index (χ0n) is 10.3. The minimum atomic E-state index is -3.58. The minimum absolute atomic E-state index is 0.212. The highest BCUT2D eigenvalue weighted by Crippen LogP contribution is 2.19. The van der Waals surface area contributed by atoms with E-state index in [1.54, 1.807) is 35.8 Å². The first kappa shape index (κ1) is 12.9. The number of nitrogens with one attached hydrogen (secondary N) is 1. The van der Waals surface area contributed by atoms with Gasteiger partial charge in [-0.3, -0.25) is 4.72 Å². The van der Waals surface area contributed by atoms with Gasteiger partial charge in [-0.2, -0.15) is 0 Å². The first-order chi connectivity index (χ1) is 9.65. The molecule has 1 aromatic carbocycles. The molecule has 0 aliphatic heterocycles. The van der Waals surface area contributed by atoms with Crippen molar-refractivity contribution in [1.82, 2.24) is 9.55 Å². The molecule has 0 bridgehead atoms. The van der Waals surface area contributed by atoms with Crippen molar-refractivity contribution in [3.05, 3.63) is 60.4 Å². The fourth-order valence-electron chi connectivity index (χ4n) is 1.75. The van der Waals surface area contributed by atoms with Crippen LogP contribution in [0.3, 0.4) is 0 Å². The Hall–Kier alpha value is -2.12. The molecule has 0 amide bonds. The number of sulfonamides is 1. The third-order valence-corrected chi connectivity index (χ3v) is 4.88. The SMILES string of the molecule is O=S(=O)(Nc1nccs1)c1ccc(-n2cccc2)cc1. The average Bonchev–Trinajstić information content (AvgIpc) is 3.11. The number of anilines is 1. The molecule has 2 heterocycles. The molecule has 7 heteroatoms. The fraction of sp³-hybridized carbons (Fsp3) is 0. The van der Waals surface area contributed by atoms with Crippen molar-refractivity contribution in [2.75, 3.05) is 4.72 Å². The summed E-state index contributed by atoms with van der Waals surface area (Å²) in [5.41, 5.74) is 0.906. The molecular weight excluding hydrogens is 294 g/mol. The molecule has 2 aromatic heterocycles. The van der Waals surface area contributed by atoms with Crippen molar-refractivity contribution in [3.8, 4) is 5.69 Å². The molecular formula is C13H11N3O2S2. The van der Waals surface area contributed by atoms with Crippen LogP contribution in [0.15, 0.2) is 65.3 Å². The van der Waals surface area contributed by atoms with Gasteiger partial charge in [0.15, 0.2) is 5.13 Å². The number of nitrogens with zero attached hydrogens (tertiary/aromatic N) is 2. The van der Waals surface area contributed by atoms with Gasteiger partial charge in [-0.1, -0.05) is 0 Å². The van der Waals surface area contributed by atoms with E-state index in [1.165, 1.54) is 11.3 Å². The molecule has 0 radical (unpaired) electrons. The van der Waals surface area contributed by atoms with E-state index in [2.05, 4.69) is 9.71 Å². The van der Waals surface area contributed by atoms with Gasteiger partial charge < -0.3 is 4.57 Å². The van der Waals surface area contributed by atoms with E-state index >= 15 is 0 Å². The number of thiazole rings is 1. The Morgan fingerprint density at radius 3 is 2.40 bits per heavy atom. The van der Waals surface area contributed by atoms with Crippen molar-refractivity contribution in [2.24, 2.45) is 0 Å². The summed E-state index contributed by atoms with van der Waals surface area (Å²) in [5, 5.41) is 2.08. The molecule has 0 spiro atoms. The normalized spacial score (nSPS) is 11.4. The molecule has 0 aliphatic rings. The molecule has 20 heavy (non-hydrogen) atoms. The topological polar surface area (TPSA) is 64.0 Å². The first-order valence-corrected chi connectivity index (χ1v) is 8.17. The van der Waals surface area contributed by atoms with Gasteiger partial charge in [-0.05, 0) is 36.4 Å². The molecule has 0 atom stereocenters. The van der Waals surface area contributed by atoms with E-state index in [9.17, 15) is 8.42 Å². The van der Waals surface area contributed by atoms with Crippen LogP contribution < -0.4 is 4.72 Å². The summed E-state index contributed by atoms with van der Waals surface area (Å²) in [4.78, 5) is 4.12. The van der Waals surface area contributed by atoms with Crippen molar-refractivity contribution in [2.45, 2.75) is 4.90 Å². The lowest BCUT2D eigenvalue weighted by molar-refractivity contribution is 0.601. The van der Waals surface area contributed by atoms with E-state index in [1.807, 2.05) is 29.1 Å². The molecule has 3 aromatic rings. The van der Waals surface area contributed by atoms with Crippen LogP contribution in [0.1, 0.15) is 0 Å². The van der Waals surface area contributed by atoms with Crippen LogP contribution in [0, 0.1) is 0 Å². The second-order valence-corrected chi connectivity index (χ2v) is 6.60. The van der Waals surface area contributed by atoms with Gasteiger partial charge in [-0.25, -0.2) is 13.4 Å². The standard InChI is InChI=1S/C13H11N3O2S2/c17-20(18,15-13-14-7-10-19-13)12-5-3-11(4-6-12)16-8-1-2-9-16/h1-10H,(H,14,15). The summed E-state index contributed by atoms with van der Waals surface area (Å²) in [5.74, 6) is 0. The fourth-order valence-corrected chi connectivity index (χ4v) is 3.54. The van der Waals surface area contributed by atoms with Gasteiger partial charge in [0, 0.05) is 29.7 Å². The highest BCUT2D eigenvalue weighted by molar-refractivity contribution is 7.93. The molecule has 1 N–H and O–H groups in total. The zero-order valence-corrected chi connectivity index (χ0v) is 11.9. The second kappa shape index (κ2) is 5.10. The summed E-state index contributed by atoms with van der Waals surface area (Å²) in [6, 6.07) is 10.5. The molecule has 0 saturated heterocycles. The molecule has 3 rings (SSSR count). The van der Waals surface area contributed by atoms with Gasteiger partial charge >= 0.3 is 0 Å². The van der Waals surface area contributed by atoms with Crippen LogP contribution in [0.4, 0.5) is 5.13 Å². The van der Waals surface area contributed by atoms with E-state index in [-0.39, 0.29) is 4.90 Å². The Morgan fingerprint density at radius 2 is 1.80 bits per heavy atom. The lowest BCUT2D eigenvalue weighted by atomic mass is 10.3. The van der Waals surface area contributed by atoms with Gasteiger partial charge in [0.2, 0.25) is 0 Å². The quantitative estimate of drug-likeness (QED) is 0.806. The van der Waals surface area contributed by atoms with Crippen molar-refractivity contribution in [1.29, 1.82) is 0 Å². The second-order valence-electron chi connectivity index (χ2n) is 4.03. The minimum Gasteiger partial charge on any atom is -0.324 e. The van der Waals surface area contributed by atoms with Crippen molar-refractivity contribution >= 4 is 26.5 Å². The van der Waals surface area contributed by atoms with Crippen LogP contribution in [0.25, 0.3) is 5.69 Å². The summed E-state index contributed by atoms with van der Waals surface area (Å²) in [7, 11) is -3.58. The molecule has 0 fully saturated rings. The maximum absolute atomic E-state index is 12.1. The van der Waals surface area contributed by atoms with E-state index < -0.39 is 10.0 Å². The molecule has 5 nitrogen and oxygen atoms in total. The predicted molar refractivity (Wildman–Crippen MR) is 78.7 cm³/mol. The van der Waals surface area contributed by atoms with Crippen LogP contribution in [0.5, 0.6) is 0 Å². The number of hydrogen-bond acceptors (Lipinski definition) is 4. The smallest absolute Gasteiger partial charge is 0.263 e. The first-order valence-electron chi connectivity index (χ1n) is 5.81. The van der Waals surface area contributed by atoms with E-state index in [0.717, 1.165) is 5.69 Å². The maximum atomic E-state index is 12.1. The average molecular weight is 305 g/mol. The Bertz CT molecular complexity index is 777. The Morgan fingerprint density at radius 1 is 1.10 bits per heavy atom. The lowest BCUT2D eigenvalue weighted by Gasteiger charge is -2.07. The molecule has 0 saturated carbocycles.